The Hall–Kier alpha value is -0.370. The van der Waals surface area contributed by atoms with Gasteiger partial charge in [-0.15, -0.1) is 12.4 Å². The van der Waals surface area contributed by atoms with Crippen LogP contribution in [0, 0.1) is 0 Å². The molecule has 1 N–H and O–H groups in total. The van der Waals surface area contributed by atoms with Gasteiger partial charge in [0.1, 0.15) is 0 Å². The Labute approximate surface area is 149 Å². The average molecular weight is 380 g/mol. The smallest absolute Gasteiger partial charge is 0.282 e. The van der Waals surface area contributed by atoms with Gasteiger partial charge in [0.05, 0.1) is 6.04 Å². The van der Waals surface area contributed by atoms with Gasteiger partial charge in [-0.05, 0) is 24.5 Å². The van der Waals surface area contributed by atoms with E-state index in [4.69, 9.17) is 11.6 Å². The molecule has 0 radical (unpaired) electrons. The molecule has 2 fully saturated rings. The lowest BCUT2D eigenvalue weighted by Crippen LogP contribution is -2.54. The van der Waals surface area contributed by atoms with Gasteiger partial charge < -0.3 is 5.32 Å². The van der Waals surface area contributed by atoms with Gasteiger partial charge >= 0.3 is 0 Å². The van der Waals surface area contributed by atoms with Crippen LogP contribution in [-0.2, 0) is 10.2 Å². The maximum absolute atomic E-state index is 13.0. The molecule has 2 aliphatic heterocycles. The van der Waals surface area contributed by atoms with E-state index in [2.05, 4.69) is 5.32 Å². The number of rotatable bonds is 3. The lowest BCUT2D eigenvalue weighted by molar-refractivity contribution is 0.237. The fourth-order valence-electron chi connectivity index (χ4n) is 3.22. The number of nitrogens with zero attached hydrogens (tertiary/aromatic N) is 2. The van der Waals surface area contributed by atoms with Crippen molar-refractivity contribution in [3.63, 3.8) is 0 Å². The number of halogens is 2. The Morgan fingerprint density at radius 1 is 1.09 bits per heavy atom. The number of piperazine rings is 1. The number of nitrogens with one attached hydrogen (secondary N) is 1. The summed E-state index contributed by atoms with van der Waals surface area (Å²) in [6.07, 6.45) is 3.01. The van der Waals surface area contributed by atoms with Crippen LogP contribution in [0.1, 0.15) is 30.9 Å². The molecular formula is C15H23Cl2N3O2S. The molecule has 2 aliphatic rings. The second-order valence-corrected chi connectivity index (χ2v) is 8.11. The molecule has 8 heteroatoms. The van der Waals surface area contributed by atoms with E-state index < -0.39 is 10.2 Å². The van der Waals surface area contributed by atoms with Crippen LogP contribution >= 0.6 is 24.0 Å². The predicted octanol–water partition coefficient (Wildman–Crippen LogP) is 2.44. The third-order valence-electron chi connectivity index (χ3n) is 4.40. The maximum Gasteiger partial charge on any atom is 0.282 e. The molecule has 2 heterocycles. The van der Waals surface area contributed by atoms with Gasteiger partial charge in [0, 0.05) is 37.7 Å². The zero-order chi connectivity index (χ0) is 15.6. The molecular weight excluding hydrogens is 357 g/mol. The van der Waals surface area contributed by atoms with E-state index in [1.165, 1.54) is 0 Å². The van der Waals surface area contributed by atoms with Crippen LogP contribution < -0.4 is 5.32 Å². The molecule has 1 atom stereocenters. The van der Waals surface area contributed by atoms with Gasteiger partial charge in [0.15, 0.2) is 0 Å². The summed E-state index contributed by atoms with van der Waals surface area (Å²) in [7, 11) is -3.43. The highest BCUT2D eigenvalue weighted by Gasteiger charge is 2.38. The minimum absolute atomic E-state index is 0. The van der Waals surface area contributed by atoms with Crippen molar-refractivity contribution < 1.29 is 8.42 Å². The molecule has 1 aromatic rings. The summed E-state index contributed by atoms with van der Waals surface area (Å²) in [5, 5.41) is 3.90. The molecule has 23 heavy (non-hydrogen) atoms. The topological polar surface area (TPSA) is 52.7 Å². The quantitative estimate of drug-likeness (QED) is 0.877. The normalized spacial score (nSPS) is 24.1. The van der Waals surface area contributed by atoms with Gasteiger partial charge in [0.25, 0.3) is 10.2 Å². The molecule has 5 nitrogen and oxygen atoms in total. The first kappa shape index (κ1) is 19.0. The van der Waals surface area contributed by atoms with Crippen LogP contribution in [0.25, 0.3) is 0 Å². The minimum Gasteiger partial charge on any atom is -0.313 e. The summed E-state index contributed by atoms with van der Waals surface area (Å²) in [6, 6.07) is 7.26. The maximum atomic E-state index is 13.0. The van der Waals surface area contributed by atoms with Gasteiger partial charge in [-0.1, -0.05) is 36.2 Å². The van der Waals surface area contributed by atoms with E-state index in [-0.39, 0.29) is 18.4 Å². The SMILES string of the molecule is Cl.O=S(=O)(N1CCCCC1)N1CCNCC1c1ccccc1Cl. The fourth-order valence-corrected chi connectivity index (χ4v) is 5.33. The number of piperidine rings is 1. The molecule has 2 saturated heterocycles. The third kappa shape index (κ3) is 4.00. The van der Waals surface area contributed by atoms with Crippen molar-refractivity contribution in [1.82, 2.24) is 13.9 Å². The predicted molar refractivity (Wildman–Crippen MR) is 95.4 cm³/mol. The summed E-state index contributed by atoms with van der Waals surface area (Å²) in [6.45, 7) is 3.00. The first-order chi connectivity index (χ1) is 10.6. The van der Waals surface area contributed by atoms with Crippen molar-refractivity contribution in [2.45, 2.75) is 25.3 Å². The molecule has 0 bridgehead atoms. The van der Waals surface area contributed by atoms with E-state index in [0.29, 0.717) is 37.7 Å². The largest absolute Gasteiger partial charge is 0.313 e. The molecule has 0 aliphatic carbocycles. The highest BCUT2D eigenvalue weighted by atomic mass is 35.5. The second-order valence-electron chi connectivity index (χ2n) is 5.82. The van der Waals surface area contributed by atoms with Crippen LogP contribution in [0.2, 0.25) is 5.02 Å². The van der Waals surface area contributed by atoms with Crippen molar-refractivity contribution in [2.75, 3.05) is 32.7 Å². The van der Waals surface area contributed by atoms with Crippen molar-refractivity contribution >= 4 is 34.2 Å². The van der Waals surface area contributed by atoms with E-state index >= 15 is 0 Å². The monoisotopic (exact) mass is 379 g/mol. The van der Waals surface area contributed by atoms with E-state index in [1.54, 1.807) is 8.61 Å². The molecule has 0 amide bonds. The summed E-state index contributed by atoms with van der Waals surface area (Å²) in [5.41, 5.74) is 0.872. The third-order valence-corrected chi connectivity index (χ3v) is 6.79. The van der Waals surface area contributed by atoms with Gasteiger partial charge in [-0.2, -0.15) is 17.0 Å². The molecule has 1 aromatic carbocycles. The van der Waals surface area contributed by atoms with E-state index in [0.717, 1.165) is 24.8 Å². The molecule has 0 saturated carbocycles. The lowest BCUT2D eigenvalue weighted by Gasteiger charge is -2.39. The zero-order valence-corrected chi connectivity index (χ0v) is 15.3. The summed E-state index contributed by atoms with van der Waals surface area (Å²) in [4.78, 5) is 0. The minimum atomic E-state index is -3.43. The molecule has 0 spiro atoms. The van der Waals surface area contributed by atoms with Crippen LogP contribution in [0.4, 0.5) is 0 Å². The van der Waals surface area contributed by atoms with Crippen molar-refractivity contribution in [3.05, 3.63) is 34.9 Å². The Balaban J connectivity index is 0.00000192. The van der Waals surface area contributed by atoms with Crippen LogP contribution in [0.3, 0.4) is 0 Å². The fraction of sp³-hybridized carbons (Fsp3) is 0.600. The first-order valence-corrected chi connectivity index (χ1v) is 9.60. The van der Waals surface area contributed by atoms with Crippen molar-refractivity contribution in [2.24, 2.45) is 0 Å². The molecule has 0 aromatic heterocycles. The van der Waals surface area contributed by atoms with Gasteiger partial charge in [-0.3, -0.25) is 0 Å². The van der Waals surface area contributed by atoms with Gasteiger partial charge in [-0.25, -0.2) is 0 Å². The Morgan fingerprint density at radius 3 is 2.48 bits per heavy atom. The van der Waals surface area contributed by atoms with Crippen LogP contribution in [0.15, 0.2) is 24.3 Å². The summed E-state index contributed by atoms with van der Waals surface area (Å²) < 4.78 is 29.3. The van der Waals surface area contributed by atoms with E-state index in [1.807, 2.05) is 24.3 Å². The molecule has 3 rings (SSSR count). The van der Waals surface area contributed by atoms with Crippen LogP contribution in [0.5, 0.6) is 0 Å². The Kier molecular flexibility index (Phi) is 6.71. The summed E-state index contributed by atoms with van der Waals surface area (Å²) in [5.74, 6) is 0. The van der Waals surface area contributed by atoms with Gasteiger partial charge in [0.2, 0.25) is 0 Å². The standard InChI is InChI=1S/C15H22ClN3O2S.ClH/c16-14-7-3-2-6-13(14)15-12-17-8-11-19(15)22(20,21)18-9-4-1-5-10-18;/h2-3,6-7,15,17H,1,4-5,8-12H2;1H. The number of hydrogen-bond acceptors (Lipinski definition) is 3. The van der Waals surface area contributed by atoms with E-state index in [9.17, 15) is 8.42 Å². The lowest BCUT2D eigenvalue weighted by atomic mass is 10.1. The molecule has 1 unspecified atom stereocenters. The second kappa shape index (κ2) is 8.14. The number of benzene rings is 1. The first-order valence-electron chi connectivity index (χ1n) is 7.83. The average Bonchev–Trinajstić information content (AvgIpc) is 2.56. The highest BCUT2D eigenvalue weighted by Crippen LogP contribution is 2.32. The van der Waals surface area contributed by atoms with Crippen LogP contribution in [-0.4, -0.2) is 49.8 Å². The summed E-state index contributed by atoms with van der Waals surface area (Å²) >= 11 is 6.30. The highest BCUT2D eigenvalue weighted by molar-refractivity contribution is 7.86. The molecule has 130 valence electrons. The van der Waals surface area contributed by atoms with Crippen molar-refractivity contribution in [3.8, 4) is 0 Å². The van der Waals surface area contributed by atoms with Crippen molar-refractivity contribution in [1.29, 1.82) is 0 Å². The Morgan fingerprint density at radius 2 is 1.78 bits per heavy atom. The number of hydrogen-bond donors (Lipinski definition) is 1. The Bertz CT molecular complexity index is 621. The zero-order valence-electron chi connectivity index (χ0n) is 12.9.